The highest BCUT2D eigenvalue weighted by atomic mass is 16.5. The normalized spacial score (nSPS) is 14.1. The molecule has 0 aliphatic carbocycles. The average Bonchev–Trinajstić information content (AvgIpc) is 2.68. The average molecular weight is 343 g/mol. The molecule has 1 saturated heterocycles. The van der Waals surface area contributed by atoms with Crippen LogP contribution in [0.4, 0.5) is 11.5 Å². The second-order valence-corrected chi connectivity index (χ2v) is 5.50. The Balaban J connectivity index is 1.82. The van der Waals surface area contributed by atoms with E-state index in [1.807, 2.05) is 0 Å². The summed E-state index contributed by atoms with van der Waals surface area (Å²) in [5.41, 5.74) is 1.15. The lowest BCUT2D eigenvalue weighted by Gasteiger charge is -2.29. The maximum Gasteiger partial charge on any atom is 0.259 e. The Morgan fingerprint density at radius 3 is 2.64 bits per heavy atom. The Bertz CT molecular complexity index is 745. The van der Waals surface area contributed by atoms with Crippen molar-refractivity contribution >= 4 is 17.4 Å². The van der Waals surface area contributed by atoms with Gasteiger partial charge in [0.2, 0.25) is 0 Å². The van der Waals surface area contributed by atoms with Gasteiger partial charge in [-0.15, -0.1) is 0 Å². The number of carbonyl (C=O) groups excluding carboxylic acids is 1. The minimum atomic E-state index is -0.221. The van der Waals surface area contributed by atoms with Crippen LogP contribution in [-0.2, 0) is 4.74 Å². The Labute approximate surface area is 146 Å². The van der Waals surface area contributed by atoms with Gasteiger partial charge in [-0.25, -0.2) is 4.98 Å². The summed E-state index contributed by atoms with van der Waals surface area (Å²) in [6.07, 6.45) is 1.69. The van der Waals surface area contributed by atoms with Crippen LogP contribution in [0.3, 0.4) is 0 Å². The molecule has 25 heavy (non-hydrogen) atoms. The van der Waals surface area contributed by atoms with Crippen molar-refractivity contribution in [2.45, 2.75) is 0 Å². The first-order valence-electron chi connectivity index (χ1n) is 8.04. The summed E-state index contributed by atoms with van der Waals surface area (Å²) in [4.78, 5) is 19.2. The van der Waals surface area contributed by atoms with Crippen LogP contribution < -0.4 is 19.7 Å². The molecule has 1 aromatic heterocycles. The maximum atomic E-state index is 12.8. The van der Waals surface area contributed by atoms with Crippen LogP contribution in [0.15, 0.2) is 36.5 Å². The van der Waals surface area contributed by atoms with E-state index in [4.69, 9.17) is 14.2 Å². The molecule has 2 heterocycles. The number of pyridine rings is 1. The molecule has 1 aliphatic rings. The van der Waals surface area contributed by atoms with Crippen molar-refractivity contribution in [3.8, 4) is 11.5 Å². The Morgan fingerprint density at radius 2 is 1.92 bits per heavy atom. The van der Waals surface area contributed by atoms with E-state index in [-0.39, 0.29) is 5.91 Å². The number of aromatic nitrogens is 1. The van der Waals surface area contributed by atoms with Crippen molar-refractivity contribution in [1.82, 2.24) is 4.98 Å². The summed E-state index contributed by atoms with van der Waals surface area (Å²) in [6.45, 7) is 2.70. The van der Waals surface area contributed by atoms with Gasteiger partial charge in [-0.05, 0) is 24.3 Å². The molecule has 1 amide bonds. The third-order valence-electron chi connectivity index (χ3n) is 3.98. The number of anilines is 2. The first-order chi connectivity index (χ1) is 12.2. The molecule has 7 nitrogen and oxygen atoms in total. The molecule has 1 aromatic carbocycles. The van der Waals surface area contributed by atoms with Crippen LogP contribution in [0.25, 0.3) is 0 Å². The number of nitrogens with zero attached hydrogens (tertiary/aromatic N) is 2. The van der Waals surface area contributed by atoms with Gasteiger partial charge in [0.1, 0.15) is 5.82 Å². The van der Waals surface area contributed by atoms with Gasteiger partial charge in [-0.2, -0.15) is 0 Å². The molecule has 1 fully saturated rings. The van der Waals surface area contributed by atoms with Gasteiger partial charge in [0.25, 0.3) is 5.91 Å². The van der Waals surface area contributed by atoms with Gasteiger partial charge < -0.3 is 24.4 Å². The highest BCUT2D eigenvalue weighted by Crippen LogP contribution is 2.30. The summed E-state index contributed by atoms with van der Waals surface area (Å²) in [6, 6.07) is 8.77. The van der Waals surface area contributed by atoms with Crippen LogP contribution in [0.2, 0.25) is 0 Å². The minimum Gasteiger partial charge on any atom is -0.493 e. The Hall–Kier alpha value is -2.80. The predicted octanol–water partition coefficient (Wildman–Crippen LogP) is 2.19. The fourth-order valence-electron chi connectivity index (χ4n) is 2.71. The van der Waals surface area contributed by atoms with E-state index >= 15 is 0 Å². The molecule has 1 N–H and O–H groups in total. The number of ether oxygens (including phenoxy) is 3. The van der Waals surface area contributed by atoms with E-state index in [0.717, 1.165) is 0 Å². The quantitative estimate of drug-likeness (QED) is 0.897. The minimum absolute atomic E-state index is 0.221. The summed E-state index contributed by atoms with van der Waals surface area (Å²) in [5.74, 6) is 1.61. The molecule has 0 bridgehead atoms. The maximum absolute atomic E-state index is 12.8. The van der Waals surface area contributed by atoms with Gasteiger partial charge in [-0.3, -0.25) is 4.79 Å². The monoisotopic (exact) mass is 343 g/mol. The molecule has 1 aliphatic heterocycles. The molecule has 0 unspecified atom stereocenters. The predicted molar refractivity (Wildman–Crippen MR) is 94.8 cm³/mol. The van der Waals surface area contributed by atoms with Crippen molar-refractivity contribution < 1.29 is 19.0 Å². The van der Waals surface area contributed by atoms with Crippen LogP contribution in [0.1, 0.15) is 10.4 Å². The van der Waals surface area contributed by atoms with Gasteiger partial charge in [0.05, 0.1) is 33.0 Å². The first kappa shape index (κ1) is 17.0. The lowest BCUT2D eigenvalue weighted by molar-refractivity contribution is 0.102. The van der Waals surface area contributed by atoms with Gasteiger partial charge in [0, 0.05) is 31.0 Å². The van der Waals surface area contributed by atoms with E-state index in [9.17, 15) is 4.79 Å². The first-order valence-corrected chi connectivity index (χ1v) is 8.04. The highest BCUT2D eigenvalue weighted by molar-refractivity contribution is 6.07. The molecule has 0 radical (unpaired) electrons. The highest BCUT2D eigenvalue weighted by Gasteiger charge is 2.20. The third-order valence-corrected chi connectivity index (χ3v) is 3.98. The smallest absolute Gasteiger partial charge is 0.259 e. The topological polar surface area (TPSA) is 72.9 Å². The number of hydrogen-bond donors (Lipinski definition) is 1. The van der Waals surface area contributed by atoms with Gasteiger partial charge in [0.15, 0.2) is 11.5 Å². The standard InChI is InChI=1S/C18H21N3O4/c1-23-15-6-5-13(12-16(15)24-2)20-18(22)14-4-3-7-19-17(14)21-8-10-25-11-9-21/h3-7,12H,8-11H2,1-2H3,(H,20,22). The summed E-state index contributed by atoms with van der Waals surface area (Å²) in [5, 5.41) is 2.89. The van der Waals surface area contributed by atoms with Crippen LogP contribution in [-0.4, -0.2) is 51.4 Å². The summed E-state index contributed by atoms with van der Waals surface area (Å²) in [7, 11) is 3.13. The number of hydrogen-bond acceptors (Lipinski definition) is 6. The van der Waals surface area contributed by atoms with Crippen molar-refractivity contribution in [3.05, 3.63) is 42.1 Å². The van der Waals surface area contributed by atoms with Crippen molar-refractivity contribution in [1.29, 1.82) is 0 Å². The molecule has 7 heteroatoms. The number of carbonyl (C=O) groups is 1. The molecular weight excluding hydrogens is 322 g/mol. The number of amides is 1. The number of morpholine rings is 1. The number of nitrogens with one attached hydrogen (secondary N) is 1. The zero-order valence-electron chi connectivity index (χ0n) is 14.3. The number of rotatable bonds is 5. The third kappa shape index (κ3) is 3.83. The van der Waals surface area contributed by atoms with Crippen molar-refractivity contribution in [2.24, 2.45) is 0 Å². The Kier molecular flexibility index (Phi) is 5.35. The number of methoxy groups -OCH3 is 2. The fourth-order valence-corrected chi connectivity index (χ4v) is 2.71. The van der Waals surface area contributed by atoms with Crippen LogP contribution >= 0.6 is 0 Å². The number of benzene rings is 1. The van der Waals surface area contributed by atoms with E-state index in [1.54, 1.807) is 50.7 Å². The SMILES string of the molecule is COc1ccc(NC(=O)c2cccnc2N2CCOCC2)cc1OC. The largest absolute Gasteiger partial charge is 0.493 e. The molecule has 2 aromatic rings. The van der Waals surface area contributed by atoms with Gasteiger partial charge in [-0.1, -0.05) is 0 Å². The van der Waals surface area contributed by atoms with Crippen molar-refractivity contribution in [2.75, 3.05) is 50.7 Å². The van der Waals surface area contributed by atoms with E-state index in [1.165, 1.54) is 0 Å². The summed E-state index contributed by atoms with van der Waals surface area (Å²) < 4.78 is 15.9. The molecule has 3 rings (SSSR count). The zero-order valence-corrected chi connectivity index (χ0v) is 14.3. The molecule has 0 saturated carbocycles. The van der Waals surface area contributed by atoms with E-state index in [0.29, 0.717) is 54.9 Å². The van der Waals surface area contributed by atoms with Gasteiger partial charge >= 0.3 is 0 Å². The zero-order chi connectivity index (χ0) is 17.6. The van der Waals surface area contributed by atoms with Crippen LogP contribution in [0.5, 0.6) is 11.5 Å². The fraction of sp³-hybridized carbons (Fsp3) is 0.333. The van der Waals surface area contributed by atoms with Crippen molar-refractivity contribution in [3.63, 3.8) is 0 Å². The van der Waals surface area contributed by atoms with E-state index < -0.39 is 0 Å². The lowest BCUT2D eigenvalue weighted by atomic mass is 10.2. The van der Waals surface area contributed by atoms with Crippen LogP contribution in [0, 0.1) is 0 Å². The Morgan fingerprint density at radius 1 is 1.16 bits per heavy atom. The molecule has 132 valence electrons. The summed E-state index contributed by atoms with van der Waals surface area (Å²) >= 11 is 0. The lowest BCUT2D eigenvalue weighted by Crippen LogP contribution is -2.38. The second-order valence-electron chi connectivity index (χ2n) is 5.50. The second kappa shape index (κ2) is 7.85. The van der Waals surface area contributed by atoms with E-state index in [2.05, 4.69) is 15.2 Å². The molecule has 0 spiro atoms. The molecular formula is C18H21N3O4. The molecule has 0 atom stereocenters.